The predicted molar refractivity (Wildman–Crippen MR) is 149 cm³/mol. The number of ether oxygens (including phenoxy) is 1. The van der Waals surface area contributed by atoms with E-state index in [9.17, 15) is 18.0 Å². The van der Waals surface area contributed by atoms with Gasteiger partial charge in [-0.1, -0.05) is 47.5 Å². The fourth-order valence-corrected chi connectivity index (χ4v) is 5.62. The second kappa shape index (κ2) is 12.3. The van der Waals surface area contributed by atoms with E-state index in [1.807, 2.05) is 6.92 Å². The molecule has 0 aliphatic carbocycles. The molecule has 0 aliphatic rings. The van der Waals surface area contributed by atoms with Gasteiger partial charge in [-0.05, 0) is 68.3 Å². The first-order chi connectivity index (χ1) is 18.0. The molecule has 1 atom stereocenters. The van der Waals surface area contributed by atoms with Gasteiger partial charge in [-0.15, -0.1) is 0 Å². The van der Waals surface area contributed by atoms with Crippen molar-refractivity contribution in [3.05, 3.63) is 88.4 Å². The highest BCUT2D eigenvalue weighted by Crippen LogP contribution is 2.31. The third-order valence-corrected chi connectivity index (χ3v) is 8.48. The van der Waals surface area contributed by atoms with E-state index < -0.39 is 28.5 Å². The van der Waals surface area contributed by atoms with E-state index in [0.717, 1.165) is 15.4 Å². The number of nitrogens with zero attached hydrogens (tertiary/aromatic N) is 2. The zero-order chi connectivity index (χ0) is 28.0. The van der Waals surface area contributed by atoms with Crippen LogP contribution < -0.4 is 14.4 Å². The second-order valence-electron chi connectivity index (χ2n) is 8.87. The molecule has 0 saturated heterocycles. The maximum absolute atomic E-state index is 13.9. The molecule has 3 aromatic carbocycles. The summed E-state index contributed by atoms with van der Waals surface area (Å²) in [5, 5.41) is 2.93. The first-order valence-electron chi connectivity index (χ1n) is 12.0. The largest absolute Gasteiger partial charge is 0.497 e. The van der Waals surface area contributed by atoms with Crippen LogP contribution in [-0.2, 0) is 26.2 Å². The molecule has 3 rings (SSSR count). The number of aryl methyl sites for hydroxylation is 1. The Morgan fingerprint density at radius 3 is 2.32 bits per heavy atom. The van der Waals surface area contributed by atoms with Crippen molar-refractivity contribution in [2.75, 3.05) is 25.0 Å². The van der Waals surface area contributed by atoms with E-state index in [-0.39, 0.29) is 23.0 Å². The molecule has 202 valence electrons. The van der Waals surface area contributed by atoms with Crippen molar-refractivity contribution in [1.29, 1.82) is 0 Å². The van der Waals surface area contributed by atoms with Crippen molar-refractivity contribution in [1.82, 2.24) is 10.2 Å². The Morgan fingerprint density at radius 1 is 1.03 bits per heavy atom. The van der Waals surface area contributed by atoms with Crippen LogP contribution in [0.15, 0.2) is 71.6 Å². The minimum absolute atomic E-state index is 0.0361. The Morgan fingerprint density at radius 2 is 1.68 bits per heavy atom. The number of amides is 2. The van der Waals surface area contributed by atoms with Gasteiger partial charge in [0.1, 0.15) is 18.3 Å². The molecule has 0 aliphatic heterocycles. The highest BCUT2D eigenvalue weighted by Gasteiger charge is 2.33. The van der Waals surface area contributed by atoms with Crippen LogP contribution in [-0.4, -0.2) is 51.9 Å². The van der Waals surface area contributed by atoms with Crippen LogP contribution in [0.4, 0.5) is 5.69 Å². The zero-order valence-electron chi connectivity index (χ0n) is 22.1. The van der Waals surface area contributed by atoms with Gasteiger partial charge in [0, 0.05) is 18.6 Å². The number of hydrogen-bond donors (Lipinski definition) is 1. The maximum Gasteiger partial charge on any atom is 0.264 e. The summed E-state index contributed by atoms with van der Waals surface area (Å²) in [6, 6.07) is 17.5. The summed E-state index contributed by atoms with van der Waals surface area (Å²) < 4.78 is 34.1. The van der Waals surface area contributed by atoms with Crippen molar-refractivity contribution in [2.45, 2.75) is 38.3 Å². The summed E-state index contributed by atoms with van der Waals surface area (Å²) >= 11 is 6.34. The first kappa shape index (κ1) is 29.0. The van der Waals surface area contributed by atoms with E-state index in [2.05, 4.69) is 5.32 Å². The minimum Gasteiger partial charge on any atom is -0.497 e. The molecule has 1 unspecified atom stereocenters. The lowest BCUT2D eigenvalue weighted by Gasteiger charge is -2.32. The standard InChI is InChI=1S/C28H32ClN3O5S/c1-19-12-14-24(15-13-19)38(35,36)32(26-11-7-10-25(29)20(26)2)18-27(33)31(21(3)28(34)30-4)17-22-8-6-9-23(16-22)37-5/h6-16,21H,17-18H2,1-5H3,(H,30,34). The van der Waals surface area contributed by atoms with Gasteiger partial charge in [0.2, 0.25) is 11.8 Å². The summed E-state index contributed by atoms with van der Waals surface area (Å²) in [4.78, 5) is 27.8. The van der Waals surface area contributed by atoms with Crippen LogP contribution in [0, 0.1) is 13.8 Å². The fraction of sp³-hybridized carbons (Fsp3) is 0.286. The molecule has 2 amide bonds. The number of methoxy groups -OCH3 is 1. The number of carbonyl (C=O) groups excluding carboxylic acids is 2. The lowest BCUT2D eigenvalue weighted by molar-refractivity contribution is -0.139. The van der Waals surface area contributed by atoms with Crippen LogP contribution in [0.2, 0.25) is 5.02 Å². The molecule has 0 radical (unpaired) electrons. The Hall–Kier alpha value is -3.56. The summed E-state index contributed by atoms with van der Waals surface area (Å²) in [6.45, 7) is 4.68. The van der Waals surface area contributed by atoms with Crippen molar-refractivity contribution in [2.24, 2.45) is 0 Å². The Balaban J connectivity index is 2.08. The first-order valence-corrected chi connectivity index (χ1v) is 13.8. The van der Waals surface area contributed by atoms with Crippen LogP contribution in [0.1, 0.15) is 23.6 Å². The summed E-state index contributed by atoms with van der Waals surface area (Å²) in [5.41, 5.74) is 2.41. The third-order valence-electron chi connectivity index (χ3n) is 6.30. The average molecular weight is 558 g/mol. The molecule has 0 aromatic heterocycles. The van der Waals surface area contributed by atoms with Crippen molar-refractivity contribution in [3.63, 3.8) is 0 Å². The quantitative estimate of drug-likeness (QED) is 0.400. The predicted octanol–water partition coefficient (Wildman–Crippen LogP) is 4.32. The van der Waals surface area contributed by atoms with Crippen molar-refractivity contribution >= 4 is 39.1 Å². The maximum atomic E-state index is 13.9. The second-order valence-corrected chi connectivity index (χ2v) is 11.1. The van der Waals surface area contributed by atoms with E-state index in [1.54, 1.807) is 68.4 Å². The van der Waals surface area contributed by atoms with Crippen molar-refractivity contribution in [3.8, 4) is 5.75 Å². The van der Waals surface area contributed by atoms with Gasteiger partial charge in [0.05, 0.1) is 17.7 Å². The molecule has 0 saturated carbocycles. The molecule has 3 aromatic rings. The Bertz CT molecular complexity index is 1410. The van der Waals surface area contributed by atoms with Gasteiger partial charge in [-0.2, -0.15) is 0 Å². The lowest BCUT2D eigenvalue weighted by atomic mass is 10.1. The van der Waals surface area contributed by atoms with Gasteiger partial charge in [-0.25, -0.2) is 8.42 Å². The molecule has 0 heterocycles. The molecular weight excluding hydrogens is 526 g/mol. The average Bonchev–Trinajstić information content (AvgIpc) is 2.91. The van der Waals surface area contributed by atoms with E-state index >= 15 is 0 Å². The summed E-state index contributed by atoms with van der Waals surface area (Å²) in [5.74, 6) is -0.340. The Kier molecular flexibility index (Phi) is 9.40. The highest BCUT2D eigenvalue weighted by atomic mass is 35.5. The molecule has 0 spiro atoms. The van der Waals surface area contributed by atoms with Gasteiger partial charge in [-0.3, -0.25) is 13.9 Å². The monoisotopic (exact) mass is 557 g/mol. The zero-order valence-corrected chi connectivity index (χ0v) is 23.6. The number of anilines is 1. The normalized spacial score (nSPS) is 11.9. The van der Waals surface area contributed by atoms with Gasteiger partial charge >= 0.3 is 0 Å². The van der Waals surface area contributed by atoms with Crippen molar-refractivity contribution < 1.29 is 22.7 Å². The fourth-order valence-electron chi connectivity index (χ4n) is 3.98. The van der Waals surface area contributed by atoms with Crippen LogP contribution in [0.3, 0.4) is 0 Å². The van der Waals surface area contributed by atoms with Crippen LogP contribution >= 0.6 is 11.6 Å². The van der Waals surface area contributed by atoms with Crippen LogP contribution in [0.5, 0.6) is 5.75 Å². The minimum atomic E-state index is -4.17. The number of rotatable bonds is 10. The van der Waals surface area contributed by atoms with Crippen LogP contribution in [0.25, 0.3) is 0 Å². The van der Waals surface area contributed by atoms with E-state index in [4.69, 9.17) is 16.3 Å². The molecule has 0 fully saturated rings. The van der Waals surface area contributed by atoms with E-state index in [1.165, 1.54) is 31.2 Å². The number of halogens is 1. The number of sulfonamides is 1. The molecule has 38 heavy (non-hydrogen) atoms. The van der Waals surface area contributed by atoms with Gasteiger partial charge < -0.3 is 15.0 Å². The topological polar surface area (TPSA) is 96.0 Å². The number of carbonyl (C=O) groups is 2. The van der Waals surface area contributed by atoms with Gasteiger partial charge in [0.15, 0.2) is 0 Å². The van der Waals surface area contributed by atoms with Gasteiger partial charge in [0.25, 0.3) is 10.0 Å². The number of nitrogens with one attached hydrogen (secondary N) is 1. The summed E-state index contributed by atoms with van der Waals surface area (Å²) in [7, 11) is -1.15. The number of hydrogen-bond acceptors (Lipinski definition) is 5. The third kappa shape index (κ3) is 6.46. The molecule has 0 bridgehead atoms. The number of benzene rings is 3. The summed E-state index contributed by atoms with van der Waals surface area (Å²) in [6.07, 6.45) is 0. The molecule has 10 heteroatoms. The Labute approximate surface area is 229 Å². The smallest absolute Gasteiger partial charge is 0.264 e. The molecule has 1 N–H and O–H groups in total. The lowest BCUT2D eigenvalue weighted by Crippen LogP contribution is -2.50. The molecule has 8 nitrogen and oxygen atoms in total. The number of likely N-dealkylation sites (N-methyl/N-ethyl adjacent to an activating group) is 1. The highest BCUT2D eigenvalue weighted by molar-refractivity contribution is 7.92. The SMILES string of the molecule is CNC(=O)C(C)N(Cc1cccc(OC)c1)C(=O)CN(c1cccc(Cl)c1C)S(=O)(=O)c1ccc(C)cc1. The van der Waals surface area contributed by atoms with E-state index in [0.29, 0.717) is 16.3 Å². The molecular formula is C28H32ClN3O5S.